The number of esters is 1. The number of fused-ring (bicyclic) bond motifs is 1. The van der Waals surface area contributed by atoms with Gasteiger partial charge in [0.25, 0.3) is 5.91 Å². The predicted octanol–water partition coefficient (Wildman–Crippen LogP) is 3.79. The fourth-order valence-corrected chi connectivity index (χ4v) is 6.12. The fourth-order valence-electron chi connectivity index (χ4n) is 3.89. The van der Waals surface area contributed by atoms with Crippen LogP contribution in [0.3, 0.4) is 0 Å². The van der Waals surface area contributed by atoms with Gasteiger partial charge in [0.1, 0.15) is 36.1 Å². The highest BCUT2D eigenvalue weighted by molar-refractivity contribution is 8.00. The van der Waals surface area contributed by atoms with Crippen molar-refractivity contribution in [1.29, 1.82) is 0 Å². The van der Waals surface area contributed by atoms with Crippen molar-refractivity contribution in [3.8, 4) is 5.75 Å². The van der Waals surface area contributed by atoms with E-state index in [1.165, 1.54) is 28.0 Å². The number of amides is 3. The van der Waals surface area contributed by atoms with Gasteiger partial charge in [0.2, 0.25) is 9.70 Å². The third-order valence-corrected chi connectivity index (χ3v) is 8.43. The molecule has 2 aromatic rings. The summed E-state index contributed by atoms with van der Waals surface area (Å²) in [6.45, 7) is -0.664. The second-order valence-electron chi connectivity index (χ2n) is 8.63. The average molecular weight is 649 g/mol. The molecule has 2 aliphatic rings. The van der Waals surface area contributed by atoms with Gasteiger partial charge in [-0.2, -0.15) is 0 Å². The Labute approximate surface area is 253 Å². The number of thioether (sulfide) groups is 1. The second kappa shape index (κ2) is 13.3. The molecular formula is C25H24Cl3N3O7S2. The molecule has 15 heteroatoms. The number of halogens is 3. The van der Waals surface area contributed by atoms with Crippen molar-refractivity contribution in [3.05, 3.63) is 63.5 Å². The van der Waals surface area contributed by atoms with E-state index in [1.54, 1.807) is 31.4 Å². The Hall–Kier alpha value is -2.64. The Morgan fingerprint density at radius 2 is 1.85 bits per heavy atom. The highest BCUT2D eigenvalue weighted by atomic mass is 35.6. The Morgan fingerprint density at radius 3 is 2.50 bits per heavy atom. The first-order valence-electron chi connectivity index (χ1n) is 11.8. The predicted molar refractivity (Wildman–Crippen MR) is 153 cm³/mol. The number of nitrogens with zero attached hydrogens (tertiary/aromatic N) is 1. The number of thiophene rings is 1. The van der Waals surface area contributed by atoms with Crippen LogP contribution >= 0.6 is 57.9 Å². The number of carbonyl (C=O) groups excluding carboxylic acids is 4. The zero-order valence-corrected chi connectivity index (χ0v) is 24.9. The maximum atomic E-state index is 13.3. The average Bonchev–Trinajstić information content (AvgIpc) is 3.44. The Bertz CT molecular complexity index is 1280. The second-order valence-corrected chi connectivity index (χ2v) is 13.3. The van der Waals surface area contributed by atoms with Crippen molar-refractivity contribution < 1.29 is 33.4 Å². The summed E-state index contributed by atoms with van der Waals surface area (Å²) in [5.74, 6) is -0.634. The lowest BCUT2D eigenvalue weighted by Crippen LogP contribution is -2.70. The third kappa shape index (κ3) is 7.76. The smallest absolute Gasteiger partial charge is 0.407 e. The first kappa shape index (κ1) is 30.3. The van der Waals surface area contributed by atoms with Gasteiger partial charge in [-0.1, -0.05) is 53.0 Å². The molecule has 214 valence electrons. The lowest BCUT2D eigenvalue weighted by molar-refractivity contribution is -0.153. The third-order valence-electron chi connectivity index (χ3n) is 5.81. The first-order valence-corrected chi connectivity index (χ1v) is 14.9. The topological polar surface area (TPSA) is 123 Å². The molecule has 1 fully saturated rings. The van der Waals surface area contributed by atoms with E-state index in [-0.39, 0.29) is 43.5 Å². The van der Waals surface area contributed by atoms with Gasteiger partial charge < -0.3 is 24.8 Å². The molecule has 1 saturated heterocycles. The van der Waals surface area contributed by atoms with Crippen LogP contribution in [-0.4, -0.2) is 70.0 Å². The minimum absolute atomic E-state index is 0.0276. The molecule has 4 rings (SSSR count). The van der Waals surface area contributed by atoms with Crippen LogP contribution in [0.1, 0.15) is 10.4 Å². The molecule has 2 atom stereocenters. The number of ether oxygens (including phenoxy) is 3. The van der Waals surface area contributed by atoms with E-state index < -0.39 is 33.2 Å². The van der Waals surface area contributed by atoms with Crippen molar-refractivity contribution in [1.82, 2.24) is 15.5 Å². The van der Waals surface area contributed by atoms with E-state index >= 15 is 0 Å². The molecule has 3 amide bonds. The summed E-state index contributed by atoms with van der Waals surface area (Å²) in [5, 5.41) is 6.42. The number of benzene rings is 1. The largest absolute Gasteiger partial charge is 0.497 e. The monoisotopic (exact) mass is 647 g/mol. The number of nitrogens with one attached hydrogen (secondary N) is 2. The molecule has 3 heterocycles. The molecule has 0 bridgehead atoms. The van der Waals surface area contributed by atoms with Crippen molar-refractivity contribution in [3.63, 3.8) is 0 Å². The Morgan fingerprint density at radius 1 is 1.10 bits per heavy atom. The lowest BCUT2D eigenvalue weighted by Gasteiger charge is -2.49. The zero-order chi connectivity index (χ0) is 28.9. The first-order chi connectivity index (χ1) is 19.1. The molecule has 0 spiro atoms. The van der Waals surface area contributed by atoms with Gasteiger partial charge in [-0.3, -0.25) is 14.5 Å². The van der Waals surface area contributed by atoms with Crippen LogP contribution in [0.2, 0.25) is 0 Å². The van der Waals surface area contributed by atoms with E-state index in [4.69, 9.17) is 49.0 Å². The van der Waals surface area contributed by atoms with Gasteiger partial charge in [-0.25, -0.2) is 9.59 Å². The van der Waals surface area contributed by atoms with Gasteiger partial charge in [-0.15, -0.1) is 23.1 Å². The summed E-state index contributed by atoms with van der Waals surface area (Å²) in [4.78, 5) is 53.2. The maximum Gasteiger partial charge on any atom is 0.407 e. The highest BCUT2D eigenvalue weighted by Gasteiger charge is 2.54. The molecule has 0 radical (unpaired) electrons. The minimum Gasteiger partial charge on any atom is -0.497 e. The molecule has 0 aliphatic carbocycles. The van der Waals surface area contributed by atoms with Crippen molar-refractivity contribution in [2.45, 2.75) is 28.2 Å². The summed E-state index contributed by atoms with van der Waals surface area (Å²) in [5.41, 5.74) is 1.04. The van der Waals surface area contributed by atoms with Crippen LogP contribution in [0.4, 0.5) is 4.79 Å². The number of alkyl carbamates (subject to hydrolysis) is 1. The molecule has 40 heavy (non-hydrogen) atoms. The Kier molecular flexibility index (Phi) is 10.1. The summed E-state index contributed by atoms with van der Waals surface area (Å²) < 4.78 is 14.2. The van der Waals surface area contributed by atoms with E-state index in [0.29, 0.717) is 16.9 Å². The maximum absolute atomic E-state index is 13.3. The van der Waals surface area contributed by atoms with Crippen molar-refractivity contribution >= 4 is 81.8 Å². The normalized spacial score (nSPS) is 18.4. The molecule has 10 nitrogen and oxygen atoms in total. The van der Waals surface area contributed by atoms with E-state index in [1.807, 2.05) is 17.5 Å². The number of alkyl halides is 3. The Balaban J connectivity index is 1.46. The van der Waals surface area contributed by atoms with Gasteiger partial charge in [-0.05, 0) is 29.1 Å². The number of hydrogen-bond acceptors (Lipinski definition) is 9. The number of carbonyl (C=O) groups is 4. The van der Waals surface area contributed by atoms with Gasteiger partial charge >= 0.3 is 12.1 Å². The highest BCUT2D eigenvalue weighted by Crippen LogP contribution is 2.41. The molecule has 1 aromatic heterocycles. The molecule has 1 aromatic carbocycles. The zero-order valence-electron chi connectivity index (χ0n) is 21.0. The van der Waals surface area contributed by atoms with Crippen LogP contribution in [0.15, 0.2) is 53.0 Å². The molecular weight excluding hydrogens is 625 g/mol. The summed E-state index contributed by atoms with van der Waals surface area (Å²) in [6.07, 6.45) is -0.723. The SMILES string of the molecule is COc1ccc(COC(=O)C2=C(COC(=O)NCC(Cl)(Cl)Cl)CS[C@H]3C(NC(=O)Cc4cccs4)C(=O)N23)cc1. The number of rotatable bonds is 10. The molecule has 0 saturated carbocycles. The van der Waals surface area contributed by atoms with Crippen LogP contribution < -0.4 is 15.4 Å². The number of methoxy groups -OCH3 is 1. The van der Waals surface area contributed by atoms with Gasteiger partial charge in [0.05, 0.1) is 20.1 Å². The van der Waals surface area contributed by atoms with Crippen LogP contribution in [0.5, 0.6) is 5.75 Å². The van der Waals surface area contributed by atoms with E-state index in [2.05, 4.69) is 10.6 Å². The molecule has 1 unspecified atom stereocenters. The lowest BCUT2D eigenvalue weighted by atomic mass is 10.0. The quantitative estimate of drug-likeness (QED) is 0.227. The molecule has 2 aliphatic heterocycles. The van der Waals surface area contributed by atoms with Crippen molar-refractivity contribution in [2.75, 3.05) is 26.0 Å². The number of β-lactam (4-membered cyclic amide) rings is 1. The van der Waals surface area contributed by atoms with Crippen LogP contribution in [-0.2, 0) is 36.9 Å². The summed E-state index contributed by atoms with van der Waals surface area (Å²) >= 11 is 19.7. The standard InChI is InChI=1S/C25H24Cl3N3O7S2/c1-36-16-6-4-14(5-7-16)10-37-23(34)20-15(11-38-24(35)29-13-25(26,27)28)12-40-22-19(21(33)31(20)22)30-18(32)9-17-3-2-8-39-17/h2-8,19,22H,9-13H2,1H3,(H,29,35)(H,30,32)/t19?,22-/m0/s1. The molecule has 2 N–H and O–H groups in total. The van der Waals surface area contributed by atoms with E-state index in [9.17, 15) is 19.2 Å². The van der Waals surface area contributed by atoms with E-state index in [0.717, 1.165) is 4.88 Å². The summed E-state index contributed by atoms with van der Waals surface area (Å²) in [7, 11) is 1.54. The van der Waals surface area contributed by atoms with Gasteiger partial charge in [0.15, 0.2) is 0 Å². The van der Waals surface area contributed by atoms with Crippen LogP contribution in [0, 0.1) is 0 Å². The minimum atomic E-state index is -1.71. The summed E-state index contributed by atoms with van der Waals surface area (Å²) in [6, 6.07) is 9.82. The number of hydrogen-bond donors (Lipinski definition) is 2. The van der Waals surface area contributed by atoms with Crippen molar-refractivity contribution in [2.24, 2.45) is 0 Å². The fraction of sp³-hybridized carbons (Fsp3) is 0.360. The van der Waals surface area contributed by atoms with Crippen LogP contribution in [0.25, 0.3) is 0 Å². The van der Waals surface area contributed by atoms with Gasteiger partial charge in [0, 0.05) is 16.2 Å².